The Bertz CT molecular complexity index is 995. The minimum Gasteiger partial charge on any atom is -0.477 e. The molecular weight excluding hydrogens is 344 g/mol. The van der Waals surface area contributed by atoms with E-state index in [4.69, 9.17) is 4.74 Å². The van der Waals surface area contributed by atoms with Gasteiger partial charge in [0.05, 0.1) is 11.0 Å². The van der Waals surface area contributed by atoms with Crippen LogP contribution in [0.5, 0.6) is 5.75 Å². The number of nitrogens with zero attached hydrogens (tertiary/aromatic N) is 1. The number of carbonyl (C=O) groups excluding carboxylic acids is 1. The molecule has 3 aromatic rings. The molecule has 0 fully saturated rings. The summed E-state index contributed by atoms with van der Waals surface area (Å²) in [5.41, 5.74) is 1.61. The lowest BCUT2D eigenvalue weighted by Gasteiger charge is -2.17. The molecular formula is C21H20N2O4. The number of carbonyl (C=O) groups is 1. The molecule has 0 aliphatic carbocycles. The van der Waals surface area contributed by atoms with E-state index in [0.717, 1.165) is 21.9 Å². The second-order valence-electron chi connectivity index (χ2n) is 6.37. The zero-order valence-corrected chi connectivity index (χ0v) is 15.1. The van der Waals surface area contributed by atoms with Gasteiger partial charge in [0.25, 0.3) is 5.91 Å². The number of nitrogens with one attached hydrogen (secondary N) is 1. The molecule has 138 valence electrons. The zero-order chi connectivity index (χ0) is 19.4. The number of nitro groups is 1. The van der Waals surface area contributed by atoms with Gasteiger partial charge in [-0.15, -0.1) is 0 Å². The quantitative estimate of drug-likeness (QED) is 0.522. The molecule has 6 nitrogen and oxygen atoms in total. The average molecular weight is 364 g/mol. The highest BCUT2D eigenvalue weighted by atomic mass is 16.6. The van der Waals surface area contributed by atoms with Crippen molar-refractivity contribution in [3.8, 4) is 5.75 Å². The Morgan fingerprint density at radius 1 is 1.15 bits per heavy atom. The molecule has 0 unspecified atom stereocenters. The summed E-state index contributed by atoms with van der Waals surface area (Å²) >= 11 is 0. The number of amides is 1. The van der Waals surface area contributed by atoms with Crippen LogP contribution in [0.4, 0.5) is 5.69 Å². The van der Waals surface area contributed by atoms with Crippen molar-refractivity contribution in [2.45, 2.75) is 19.9 Å². The first-order chi connectivity index (χ1) is 13.0. The summed E-state index contributed by atoms with van der Waals surface area (Å²) in [6, 6.07) is 18.3. The number of nitro benzene ring substituents is 1. The van der Waals surface area contributed by atoms with E-state index >= 15 is 0 Å². The predicted octanol–water partition coefficient (Wildman–Crippen LogP) is 4.31. The summed E-state index contributed by atoms with van der Waals surface area (Å²) in [7, 11) is 0. The maximum Gasteiger partial charge on any atom is 0.311 e. The maximum absolute atomic E-state index is 12.3. The highest BCUT2D eigenvalue weighted by Crippen LogP contribution is 2.28. The zero-order valence-electron chi connectivity index (χ0n) is 15.1. The number of rotatable bonds is 6. The molecule has 0 aliphatic heterocycles. The van der Waals surface area contributed by atoms with E-state index < -0.39 is 4.92 Å². The Balaban J connectivity index is 1.68. The molecule has 0 heterocycles. The van der Waals surface area contributed by atoms with E-state index in [9.17, 15) is 14.9 Å². The molecule has 27 heavy (non-hydrogen) atoms. The van der Waals surface area contributed by atoms with E-state index in [1.807, 2.05) is 49.4 Å². The first-order valence-electron chi connectivity index (χ1n) is 8.60. The van der Waals surface area contributed by atoms with Crippen molar-refractivity contribution in [1.29, 1.82) is 0 Å². The van der Waals surface area contributed by atoms with E-state index in [1.165, 1.54) is 12.1 Å². The Hall–Kier alpha value is -3.41. The fourth-order valence-corrected chi connectivity index (χ4v) is 3.02. The summed E-state index contributed by atoms with van der Waals surface area (Å²) < 4.78 is 5.39. The van der Waals surface area contributed by atoms with Gasteiger partial charge in [0, 0.05) is 6.07 Å². The first kappa shape index (κ1) is 18.4. The van der Waals surface area contributed by atoms with Gasteiger partial charge >= 0.3 is 5.69 Å². The van der Waals surface area contributed by atoms with Crippen LogP contribution in [0.1, 0.15) is 24.1 Å². The number of benzene rings is 3. The van der Waals surface area contributed by atoms with Crippen LogP contribution in [0.2, 0.25) is 0 Å². The normalized spacial score (nSPS) is 11.8. The molecule has 0 aliphatic rings. The van der Waals surface area contributed by atoms with Gasteiger partial charge in [-0.05, 0) is 41.8 Å². The van der Waals surface area contributed by atoms with Crippen LogP contribution in [0, 0.1) is 17.0 Å². The molecule has 3 rings (SSSR count). The lowest BCUT2D eigenvalue weighted by molar-refractivity contribution is -0.385. The average Bonchev–Trinajstić information content (AvgIpc) is 2.66. The van der Waals surface area contributed by atoms with Gasteiger partial charge in [0.2, 0.25) is 0 Å². The fraction of sp³-hybridized carbons (Fsp3) is 0.190. The molecule has 1 N–H and O–H groups in total. The van der Waals surface area contributed by atoms with Crippen LogP contribution in [-0.4, -0.2) is 17.4 Å². The molecule has 0 bridgehead atoms. The van der Waals surface area contributed by atoms with Gasteiger partial charge < -0.3 is 10.1 Å². The summed E-state index contributed by atoms with van der Waals surface area (Å²) in [6.07, 6.45) is 0. The molecule has 3 aromatic carbocycles. The molecule has 1 amide bonds. The van der Waals surface area contributed by atoms with Crippen molar-refractivity contribution in [2.24, 2.45) is 0 Å². The molecule has 0 radical (unpaired) electrons. The van der Waals surface area contributed by atoms with E-state index in [1.54, 1.807) is 13.0 Å². The number of ether oxygens (including phenoxy) is 1. The molecule has 1 atom stereocenters. The summed E-state index contributed by atoms with van der Waals surface area (Å²) in [5, 5.41) is 16.2. The highest BCUT2D eigenvalue weighted by Gasteiger charge is 2.17. The van der Waals surface area contributed by atoms with Crippen LogP contribution in [-0.2, 0) is 4.79 Å². The van der Waals surface area contributed by atoms with Gasteiger partial charge in [-0.2, -0.15) is 0 Å². The van der Waals surface area contributed by atoms with Crippen LogP contribution < -0.4 is 10.1 Å². The van der Waals surface area contributed by atoms with E-state index in [2.05, 4.69) is 5.32 Å². The number of fused-ring (bicyclic) bond motifs is 1. The van der Waals surface area contributed by atoms with Gasteiger partial charge in [-0.3, -0.25) is 14.9 Å². The standard InChI is InChI=1S/C21H20N2O4/c1-14-10-11-20(19(12-14)23(25)26)27-13-21(24)22-15(2)17-9-5-7-16-6-3-4-8-18(16)17/h3-12,15H,13H2,1-2H3,(H,22,24)/t15-/m1/s1. The molecule has 6 heteroatoms. The number of aryl methyl sites for hydroxylation is 1. The van der Waals surface area contributed by atoms with Crippen LogP contribution in [0.3, 0.4) is 0 Å². The molecule has 0 saturated carbocycles. The van der Waals surface area contributed by atoms with E-state index in [0.29, 0.717) is 0 Å². The van der Waals surface area contributed by atoms with Crippen molar-refractivity contribution in [1.82, 2.24) is 5.32 Å². The Morgan fingerprint density at radius 3 is 2.67 bits per heavy atom. The topological polar surface area (TPSA) is 81.5 Å². The largest absolute Gasteiger partial charge is 0.477 e. The van der Waals surface area contributed by atoms with Crippen molar-refractivity contribution < 1.29 is 14.5 Å². The lowest BCUT2D eigenvalue weighted by atomic mass is 10.00. The highest BCUT2D eigenvalue weighted by molar-refractivity contribution is 5.87. The van der Waals surface area contributed by atoms with Crippen molar-refractivity contribution in [3.05, 3.63) is 81.9 Å². The summed E-state index contributed by atoms with van der Waals surface area (Å²) in [4.78, 5) is 22.9. The second-order valence-corrected chi connectivity index (χ2v) is 6.37. The Morgan fingerprint density at radius 2 is 1.89 bits per heavy atom. The molecule has 0 aromatic heterocycles. The van der Waals surface area contributed by atoms with E-state index in [-0.39, 0.29) is 30.0 Å². The van der Waals surface area contributed by atoms with Gasteiger partial charge in [-0.1, -0.05) is 48.5 Å². The third-order valence-electron chi connectivity index (χ3n) is 4.34. The minimum atomic E-state index is -0.515. The van der Waals surface area contributed by atoms with Crippen molar-refractivity contribution >= 4 is 22.4 Å². The molecule has 0 spiro atoms. The SMILES string of the molecule is Cc1ccc(OCC(=O)N[C@H](C)c2cccc3ccccc23)c([N+](=O)[O-])c1. The predicted molar refractivity (Wildman–Crippen MR) is 104 cm³/mol. The Kier molecular flexibility index (Phi) is 5.35. The van der Waals surface area contributed by atoms with Crippen molar-refractivity contribution in [2.75, 3.05) is 6.61 Å². The van der Waals surface area contributed by atoms with Gasteiger partial charge in [0.1, 0.15) is 0 Å². The van der Waals surface area contributed by atoms with Crippen LogP contribution in [0.25, 0.3) is 10.8 Å². The summed E-state index contributed by atoms with van der Waals surface area (Å²) in [6.45, 7) is 3.36. The Labute approximate surface area is 156 Å². The smallest absolute Gasteiger partial charge is 0.311 e. The van der Waals surface area contributed by atoms with Crippen molar-refractivity contribution in [3.63, 3.8) is 0 Å². The number of hydrogen-bond acceptors (Lipinski definition) is 4. The number of hydrogen-bond donors (Lipinski definition) is 1. The molecule has 0 saturated heterocycles. The first-order valence-corrected chi connectivity index (χ1v) is 8.60. The second kappa shape index (κ2) is 7.86. The van der Waals surface area contributed by atoms with Crippen LogP contribution >= 0.6 is 0 Å². The van der Waals surface area contributed by atoms with Gasteiger partial charge in [-0.25, -0.2) is 0 Å². The monoisotopic (exact) mass is 364 g/mol. The summed E-state index contributed by atoms with van der Waals surface area (Å²) in [5.74, 6) is -0.260. The van der Waals surface area contributed by atoms with Gasteiger partial charge in [0.15, 0.2) is 12.4 Å². The third-order valence-corrected chi connectivity index (χ3v) is 4.34. The van der Waals surface area contributed by atoms with Crippen LogP contribution in [0.15, 0.2) is 60.7 Å². The fourth-order valence-electron chi connectivity index (χ4n) is 3.02. The third kappa shape index (κ3) is 4.23. The minimum absolute atomic E-state index is 0.0820. The maximum atomic E-state index is 12.3. The lowest BCUT2D eigenvalue weighted by Crippen LogP contribution is -2.31.